The van der Waals surface area contributed by atoms with Crippen molar-refractivity contribution in [1.29, 1.82) is 0 Å². The van der Waals surface area contributed by atoms with Gasteiger partial charge in [0.05, 0.1) is 34.1 Å². The smallest absolute Gasteiger partial charge is 0.226 e. The van der Waals surface area contributed by atoms with Crippen molar-refractivity contribution in [1.82, 2.24) is 14.8 Å². The van der Waals surface area contributed by atoms with Gasteiger partial charge < -0.3 is 29.0 Å². The molecule has 4 aromatic rings. The van der Waals surface area contributed by atoms with Gasteiger partial charge in [-0.05, 0) is 30.3 Å². The number of nitrogens with one attached hydrogen (secondary N) is 1. The van der Waals surface area contributed by atoms with E-state index in [-0.39, 0.29) is 6.04 Å². The molecule has 37 heavy (non-hydrogen) atoms. The van der Waals surface area contributed by atoms with Gasteiger partial charge >= 0.3 is 0 Å². The second-order valence-corrected chi connectivity index (χ2v) is 8.58. The topological polar surface area (TPSA) is 88.9 Å². The first-order valence-electron chi connectivity index (χ1n) is 11.8. The van der Waals surface area contributed by atoms with Gasteiger partial charge in [0.1, 0.15) is 30.0 Å². The zero-order valence-electron chi connectivity index (χ0n) is 20.9. The summed E-state index contributed by atoms with van der Waals surface area (Å²) in [7, 11) is 6.46. The summed E-state index contributed by atoms with van der Waals surface area (Å²) < 4.78 is 31.3. The standard InChI is InChI=1S/C28H26N4O5/c1-33-19-11-7-6-10-18(19)25-23-24(31-28-29-15-30-32(25)28)17-9-5-8-12-20(17)37-26(23)16-13-21(34-2)27(36-4)22(14-16)35-3/h5-15,25-26H,1-4H3,(H,29,30,31). The summed E-state index contributed by atoms with van der Waals surface area (Å²) in [6, 6.07) is 19.3. The second-order valence-electron chi connectivity index (χ2n) is 8.58. The number of ether oxygens (including phenoxy) is 5. The molecular formula is C28H26N4O5. The molecule has 1 aromatic heterocycles. The van der Waals surface area contributed by atoms with Crippen molar-refractivity contribution in [2.24, 2.45) is 0 Å². The molecule has 3 aromatic carbocycles. The van der Waals surface area contributed by atoms with Crippen LogP contribution in [0.15, 0.2) is 72.6 Å². The van der Waals surface area contributed by atoms with Gasteiger partial charge in [0.25, 0.3) is 0 Å². The fourth-order valence-corrected chi connectivity index (χ4v) is 5.14. The summed E-state index contributed by atoms with van der Waals surface area (Å²) >= 11 is 0. The molecule has 6 rings (SSSR count). The number of para-hydroxylation sites is 2. The van der Waals surface area contributed by atoms with Crippen LogP contribution in [0.1, 0.15) is 28.8 Å². The van der Waals surface area contributed by atoms with E-state index in [0.717, 1.165) is 39.5 Å². The quantitative estimate of drug-likeness (QED) is 0.403. The molecule has 0 amide bonds. The second kappa shape index (κ2) is 9.09. The van der Waals surface area contributed by atoms with Crippen molar-refractivity contribution in [2.45, 2.75) is 12.1 Å². The molecule has 2 aliphatic rings. The van der Waals surface area contributed by atoms with Crippen LogP contribution >= 0.6 is 0 Å². The molecule has 0 fully saturated rings. The number of fused-ring (bicyclic) bond motifs is 3. The molecule has 2 aliphatic heterocycles. The lowest BCUT2D eigenvalue weighted by Crippen LogP contribution is -2.32. The van der Waals surface area contributed by atoms with Gasteiger partial charge in [-0.15, -0.1) is 0 Å². The largest absolute Gasteiger partial charge is 0.496 e. The first-order chi connectivity index (χ1) is 18.2. The SMILES string of the molecule is COc1ccccc1C1C2=C(Nc3ncnn31)c1ccccc1OC2c1cc(OC)c(OC)c(OC)c1. The van der Waals surface area contributed by atoms with Crippen molar-refractivity contribution >= 4 is 11.6 Å². The van der Waals surface area contributed by atoms with Crippen molar-refractivity contribution in [2.75, 3.05) is 33.8 Å². The predicted octanol–water partition coefficient (Wildman–Crippen LogP) is 4.87. The highest BCUT2D eigenvalue weighted by atomic mass is 16.5. The molecule has 2 atom stereocenters. The monoisotopic (exact) mass is 498 g/mol. The molecule has 188 valence electrons. The lowest BCUT2D eigenvalue weighted by molar-refractivity contribution is 0.220. The van der Waals surface area contributed by atoms with Crippen molar-refractivity contribution in [3.63, 3.8) is 0 Å². The number of hydrogen-bond donors (Lipinski definition) is 1. The van der Waals surface area contributed by atoms with Gasteiger partial charge in [0.15, 0.2) is 11.5 Å². The van der Waals surface area contributed by atoms with E-state index < -0.39 is 6.10 Å². The Morgan fingerprint density at radius 2 is 1.54 bits per heavy atom. The Balaban J connectivity index is 1.64. The van der Waals surface area contributed by atoms with Crippen LogP contribution in [0.5, 0.6) is 28.7 Å². The average molecular weight is 499 g/mol. The molecule has 3 heterocycles. The average Bonchev–Trinajstić information content (AvgIpc) is 3.43. The predicted molar refractivity (Wildman–Crippen MR) is 138 cm³/mol. The fraction of sp³-hybridized carbons (Fsp3) is 0.214. The molecule has 0 radical (unpaired) electrons. The number of methoxy groups -OCH3 is 4. The summed E-state index contributed by atoms with van der Waals surface area (Å²) in [5.41, 5.74) is 4.58. The molecule has 9 nitrogen and oxygen atoms in total. The van der Waals surface area contributed by atoms with E-state index in [2.05, 4.69) is 15.4 Å². The Morgan fingerprint density at radius 1 is 0.838 bits per heavy atom. The van der Waals surface area contributed by atoms with E-state index in [1.807, 2.05) is 65.3 Å². The van der Waals surface area contributed by atoms with Crippen LogP contribution in [0, 0.1) is 0 Å². The molecule has 0 aliphatic carbocycles. The molecular weight excluding hydrogens is 472 g/mol. The van der Waals surface area contributed by atoms with Crippen LogP contribution in [0.25, 0.3) is 5.70 Å². The maximum absolute atomic E-state index is 6.72. The minimum atomic E-state index is -0.515. The molecule has 0 saturated carbocycles. The van der Waals surface area contributed by atoms with Gasteiger partial charge in [-0.3, -0.25) is 0 Å². The normalized spacial score (nSPS) is 17.5. The number of hydrogen-bond acceptors (Lipinski definition) is 8. The van der Waals surface area contributed by atoms with Gasteiger partial charge in [-0.1, -0.05) is 30.3 Å². The van der Waals surface area contributed by atoms with E-state index in [1.165, 1.54) is 0 Å². The Bertz CT molecular complexity index is 1490. The summed E-state index contributed by atoms with van der Waals surface area (Å²) in [6.07, 6.45) is 1.03. The fourth-order valence-electron chi connectivity index (χ4n) is 5.14. The van der Waals surface area contributed by atoms with Crippen LogP contribution in [0.3, 0.4) is 0 Å². The van der Waals surface area contributed by atoms with E-state index in [1.54, 1.807) is 34.8 Å². The first-order valence-corrected chi connectivity index (χ1v) is 11.8. The molecule has 9 heteroatoms. The highest BCUT2D eigenvalue weighted by Crippen LogP contribution is 2.53. The summed E-state index contributed by atoms with van der Waals surface area (Å²) in [4.78, 5) is 4.50. The number of aromatic nitrogens is 3. The number of nitrogens with zero attached hydrogens (tertiary/aromatic N) is 3. The first kappa shape index (κ1) is 22.8. The van der Waals surface area contributed by atoms with Crippen LogP contribution < -0.4 is 29.0 Å². The zero-order valence-corrected chi connectivity index (χ0v) is 20.9. The van der Waals surface area contributed by atoms with E-state index in [0.29, 0.717) is 23.2 Å². The summed E-state index contributed by atoms with van der Waals surface area (Å²) in [5.74, 6) is 3.72. The van der Waals surface area contributed by atoms with Gasteiger partial charge in [0.2, 0.25) is 11.7 Å². The van der Waals surface area contributed by atoms with Crippen LogP contribution in [-0.2, 0) is 0 Å². The number of benzene rings is 3. The highest BCUT2D eigenvalue weighted by molar-refractivity contribution is 5.85. The summed E-state index contributed by atoms with van der Waals surface area (Å²) in [6.45, 7) is 0. The van der Waals surface area contributed by atoms with Crippen LogP contribution in [0.4, 0.5) is 5.95 Å². The molecule has 0 spiro atoms. The Kier molecular flexibility index (Phi) is 5.60. The third kappa shape index (κ3) is 3.54. The maximum atomic E-state index is 6.72. The van der Waals surface area contributed by atoms with E-state index in [9.17, 15) is 0 Å². The lowest BCUT2D eigenvalue weighted by atomic mass is 9.84. The molecule has 2 unspecified atom stereocenters. The maximum Gasteiger partial charge on any atom is 0.226 e. The van der Waals surface area contributed by atoms with Crippen molar-refractivity contribution in [3.05, 3.63) is 89.3 Å². The number of anilines is 1. The highest BCUT2D eigenvalue weighted by Gasteiger charge is 2.42. The third-order valence-corrected chi connectivity index (χ3v) is 6.74. The van der Waals surface area contributed by atoms with Gasteiger partial charge in [0, 0.05) is 22.3 Å². The minimum absolute atomic E-state index is 0.359. The van der Waals surface area contributed by atoms with E-state index >= 15 is 0 Å². The summed E-state index contributed by atoms with van der Waals surface area (Å²) in [5, 5.41) is 8.10. The van der Waals surface area contributed by atoms with Crippen molar-refractivity contribution < 1.29 is 23.7 Å². The Hall–Kier alpha value is -4.66. The molecule has 0 bridgehead atoms. The molecule has 1 N–H and O–H groups in total. The number of rotatable bonds is 6. The van der Waals surface area contributed by atoms with Crippen LogP contribution in [0.2, 0.25) is 0 Å². The zero-order chi connectivity index (χ0) is 25.5. The van der Waals surface area contributed by atoms with Gasteiger partial charge in [-0.2, -0.15) is 10.1 Å². The molecule has 0 saturated heterocycles. The lowest BCUT2D eigenvalue weighted by Gasteiger charge is -2.39. The third-order valence-electron chi connectivity index (χ3n) is 6.74. The Morgan fingerprint density at radius 3 is 2.27 bits per heavy atom. The van der Waals surface area contributed by atoms with Crippen molar-refractivity contribution in [3.8, 4) is 28.7 Å². The van der Waals surface area contributed by atoms with E-state index in [4.69, 9.17) is 23.7 Å². The van der Waals surface area contributed by atoms with Crippen LogP contribution in [-0.4, -0.2) is 43.2 Å². The Labute approximate surface area is 214 Å². The minimum Gasteiger partial charge on any atom is -0.496 e. The van der Waals surface area contributed by atoms with Gasteiger partial charge in [-0.25, -0.2) is 4.68 Å².